The summed E-state index contributed by atoms with van der Waals surface area (Å²) in [4.78, 5) is 6.94. The molecule has 0 radical (unpaired) electrons. The first kappa shape index (κ1) is 14.8. The van der Waals surface area contributed by atoms with Gasteiger partial charge in [0.15, 0.2) is 0 Å². The van der Waals surface area contributed by atoms with E-state index >= 15 is 0 Å². The first-order valence-corrected chi connectivity index (χ1v) is 7.37. The fraction of sp³-hybridized carbons (Fsp3) is 0.471. The van der Waals surface area contributed by atoms with Gasteiger partial charge in [0.25, 0.3) is 0 Å². The monoisotopic (exact) mass is 271 g/mol. The molecule has 1 unspecified atom stereocenters. The summed E-state index contributed by atoms with van der Waals surface area (Å²) < 4.78 is 2.27. The van der Waals surface area contributed by atoms with Crippen LogP contribution >= 0.6 is 0 Å². The summed E-state index contributed by atoms with van der Waals surface area (Å²) in [6.07, 6.45) is 1.97. The van der Waals surface area contributed by atoms with Crippen LogP contribution in [0.25, 0.3) is 11.3 Å². The summed E-state index contributed by atoms with van der Waals surface area (Å²) in [5, 5.41) is 0. The maximum atomic E-state index is 4.59. The maximum absolute atomic E-state index is 4.59. The largest absolute Gasteiger partial charge is 0.334 e. The lowest BCUT2D eigenvalue weighted by Crippen LogP contribution is -2.26. The van der Waals surface area contributed by atoms with Crippen molar-refractivity contribution in [1.82, 2.24) is 14.5 Å². The Hall–Kier alpha value is -1.61. The third kappa shape index (κ3) is 3.48. The summed E-state index contributed by atoms with van der Waals surface area (Å²) in [5.74, 6) is 0.622. The summed E-state index contributed by atoms with van der Waals surface area (Å²) >= 11 is 0. The molecule has 0 spiro atoms. The van der Waals surface area contributed by atoms with Crippen LogP contribution in [-0.4, -0.2) is 34.6 Å². The molecule has 3 heteroatoms. The first-order valence-electron chi connectivity index (χ1n) is 7.37. The highest BCUT2D eigenvalue weighted by atomic mass is 15.1. The molecular weight excluding hydrogens is 246 g/mol. The van der Waals surface area contributed by atoms with Gasteiger partial charge in [-0.1, -0.05) is 44.2 Å². The molecule has 0 N–H and O–H groups in total. The average Bonchev–Trinajstić information content (AvgIpc) is 2.81. The molecule has 0 aliphatic heterocycles. The molecule has 1 aromatic carbocycles. The van der Waals surface area contributed by atoms with Crippen LogP contribution in [0.15, 0.2) is 36.7 Å². The Kier molecular flexibility index (Phi) is 4.96. The van der Waals surface area contributed by atoms with Gasteiger partial charge >= 0.3 is 0 Å². The summed E-state index contributed by atoms with van der Waals surface area (Å²) in [6.45, 7) is 9.90. The van der Waals surface area contributed by atoms with Crippen molar-refractivity contribution in [3.05, 3.63) is 42.4 Å². The van der Waals surface area contributed by atoms with E-state index in [2.05, 4.69) is 66.5 Å². The van der Waals surface area contributed by atoms with E-state index in [-0.39, 0.29) is 0 Å². The lowest BCUT2D eigenvalue weighted by molar-refractivity contribution is 0.281. The van der Waals surface area contributed by atoms with Gasteiger partial charge in [0, 0.05) is 24.3 Å². The number of nitrogens with zero attached hydrogens (tertiary/aromatic N) is 3. The Labute approximate surface area is 122 Å². The molecular formula is C17H25N3. The number of hydrogen-bond acceptors (Lipinski definition) is 2. The third-order valence-corrected chi connectivity index (χ3v) is 3.82. The van der Waals surface area contributed by atoms with Gasteiger partial charge in [0.2, 0.25) is 0 Å². The van der Waals surface area contributed by atoms with Gasteiger partial charge in [-0.25, -0.2) is 4.98 Å². The zero-order chi connectivity index (χ0) is 14.5. The number of rotatable bonds is 6. The van der Waals surface area contributed by atoms with Gasteiger partial charge in [-0.15, -0.1) is 0 Å². The minimum absolute atomic E-state index is 0.622. The van der Waals surface area contributed by atoms with Gasteiger partial charge < -0.3 is 9.47 Å². The normalized spacial score (nSPS) is 12.8. The maximum Gasteiger partial charge on any atom is 0.0956 e. The Morgan fingerprint density at radius 3 is 2.60 bits per heavy atom. The predicted molar refractivity (Wildman–Crippen MR) is 84.7 cm³/mol. The molecule has 0 aliphatic rings. The minimum Gasteiger partial charge on any atom is -0.334 e. The van der Waals surface area contributed by atoms with Crippen LogP contribution in [0.3, 0.4) is 0 Å². The lowest BCUT2D eigenvalue weighted by atomic mass is 10.1. The highest BCUT2D eigenvalue weighted by molar-refractivity contribution is 5.61. The average molecular weight is 271 g/mol. The van der Waals surface area contributed by atoms with Crippen molar-refractivity contribution in [2.24, 2.45) is 5.92 Å². The van der Waals surface area contributed by atoms with E-state index in [1.165, 1.54) is 11.3 Å². The standard InChI is InChI=1S/C17H25N3/c1-5-19(4)11-14(2)12-20-13-18-17(15(20)3)16-9-7-6-8-10-16/h6-10,13-14H,5,11-12H2,1-4H3. The van der Waals surface area contributed by atoms with Gasteiger partial charge in [0.05, 0.1) is 12.0 Å². The van der Waals surface area contributed by atoms with Crippen molar-refractivity contribution < 1.29 is 0 Å². The molecule has 2 aromatic rings. The first-order chi connectivity index (χ1) is 9.61. The van der Waals surface area contributed by atoms with Gasteiger partial charge in [0.1, 0.15) is 0 Å². The Balaban J connectivity index is 2.10. The molecule has 1 atom stereocenters. The third-order valence-electron chi connectivity index (χ3n) is 3.82. The summed E-state index contributed by atoms with van der Waals surface area (Å²) in [7, 11) is 2.17. The van der Waals surface area contributed by atoms with E-state index in [4.69, 9.17) is 0 Å². The zero-order valence-corrected chi connectivity index (χ0v) is 13.0. The van der Waals surface area contributed by atoms with Crippen LogP contribution in [0.1, 0.15) is 19.5 Å². The molecule has 0 fully saturated rings. The minimum atomic E-state index is 0.622. The van der Waals surface area contributed by atoms with Crippen molar-refractivity contribution in [2.45, 2.75) is 27.3 Å². The highest BCUT2D eigenvalue weighted by Crippen LogP contribution is 2.21. The predicted octanol–water partition coefficient (Wildman–Crippen LogP) is 3.45. The van der Waals surface area contributed by atoms with Crippen LogP contribution < -0.4 is 0 Å². The van der Waals surface area contributed by atoms with Crippen molar-refractivity contribution in [1.29, 1.82) is 0 Å². The number of benzene rings is 1. The van der Waals surface area contributed by atoms with Crippen LogP contribution in [0.2, 0.25) is 0 Å². The van der Waals surface area contributed by atoms with Gasteiger partial charge in [-0.3, -0.25) is 0 Å². The molecule has 0 amide bonds. The molecule has 20 heavy (non-hydrogen) atoms. The second kappa shape index (κ2) is 6.71. The van der Waals surface area contributed by atoms with Crippen LogP contribution in [0.5, 0.6) is 0 Å². The molecule has 3 nitrogen and oxygen atoms in total. The Morgan fingerprint density at radius 1 is 1.25 bits per heavy atom. The van der Waals surface area contributed by atoms with Crippen LogP contribution in [0.4, 0.5) is 0 Å². The molecule has 0 saturated carbocycles. The quantitative estimate of drug-likeness (QED) is 0.802. The topological polar surface area (TPSA) is 21.1 Å². The fourth-order valence-electron chi connectivity index (χ4n) is 2.56. The van der Waals surface area contributed by atoms with E-state index in [1.54, 1.807) is 0 Å². The van der Waals surface area contributed by atoms with Gasteiger partial charge in [-0.05, 0) is 26.4 Å². The van der Waals surface area contributed by atoms with Crippen molar-refractivity contribution in [3.63, 3.8) is 0 Å². The lowest BCUT2D eigenvalue weighted by Gasteiger charge is -2.20. The molecule has 0 aliphatic carbocycles. The van der Waals surface area contributed by atoms with E-state index in [9.17, 15) is 0 Å². The smallest absolute Gasteiger partial charge is 0.0956 e. The van der Waals surface area contributed by atoms with Crippen LogP contribution in [0, 0.1) is 12.8 Å². The van der Waals surface area contributed by atoms with E-state index in [0.29, 0.717) is 5.92 Å². The zero-order valence-electron chi connectivity index (χ0n) is 13.0. The second-order valence-electron chi connectivity index (χ2n) is 5.66. The Morgan fingerprint density at radius 2 is 1.95 bits per heavy atom. The second-order valence-corrected chi connectivity index (χ2v) is 5.66. The summed E-state index contributed by atoms with van der Waals surface area (Å²) in [5.41, 5.74) is 3.55. The van der Waals surface area contributed by atoms with Gasteiger partial charge in [-0.2, -0.15) is 0 Å². The molecule has 0 bridgehead atoms. The van der Waals surface area contributed by atoms with E-state index < -0.39 is 0 Å². The fourth-order valence-corrected chi connectivity index (χ4v) is 2.56. The molecule has 0 saturated heterocycles. The van der Waals surface area contributed by atoms with Crippen molar-refractivity contribution in [3.8, 4) is 11.3 Å². The SMILES string of the molecule is CCN(C)CC(C)Cn1cnc(-c2ccccc2)c1C. The Bertz CT molecular complexity index is 530. The molecule has 2 rings (SSSR count). The van der Waals surface area contributed by atoms with E-state index in [1.807, 2.05) is 12.4 Å². The number of hydrogen-bond donors (Lipinski definition) is 0. The highest BCUT2D eigenvalue weighted by Gasteiger charge is 2.11. The van der Waals surface area contributed by atoms with Crippen molar-refractivity contribution >= 4 is 0 Å². The number of imidazole rings is 1. The van der Waals surface area contributed by atoms with E-state index in [0.717, 1.165) is 25.3 Å². The molecule has 1 heterocycles. The molecule has 1 aromatic heterocycles. The van der Waals surface area contributed by atoms with Crippen LogP contribution in [-0.2, 0) is 6.54 Å². The number of aromatic nitrogens is 2. The molecule has 108 valence electrons. The van der Waals surface area contributed by atoms with Crippen molar-refractivity contribution in [2.75, 3.05) is 20.1 Å². The summed E-state index contributed by atoms with van der Waals surface area (Å²) in [6, 6.07) is 10.4.